The minimum absolute atomic E-state index is 0.173. The Labute approximate surface area is 175 Å². The van der Waals surface area contributed by atoms with Crippen molar-refractivity contribution in [1.82, 2.24) is 4.72 Å². The molecular weight excluding hydrogens is 428 g/mol. The van der Waals surface area contributed by atoms with Gasteiger partial charge in [0.1, 0.15) is 4.21 Å². The van der Waals surface area contributed by atoms with Crippen molar-refractivity contribution in [3.05, 3.63) is 41.8 Å². The maximum atomic E-state index is 13.1. The standard InChI is InChI=1S/C20H24N2O4S3/c23-28(24,22-20-11-14-8-15(12-20)10-16(9-14)13-20)18-5-3-17(4-6-18)21-29(25,26)19-2-1-7-27-19/h1-7,14-16,21-22H,8-13H2. The zero-order chi connectivity index (χ0) is 20.3. The van der Waals surface area contributed by atoms with Gasteiger partial charge in [0.25, 0.3) is 10.0 Å². The molecule has 0 saturated heterocycles. The van der Waals surface area contributed by atoms with E-state index in [0.29, 0.717) is 23.4 Å². The van der Waals surface area contributed by atoms with Gasteiger partial charge in [0, 0.05) is 11.2 Å². The van der Waals surface area contributed by atoms with Gasteiger partial charge >= 0.3 is 0 Å². The molecule has 4 aliphatic rings. The van der Waals surface area contributed by atoms with Crippen molar-refractivity contribution < 1.29 is 16.8 Å². The fourth-order valence-electron chi connectivity index (χ4n) is 5.90. The van der Waals surface area contributed by atoms with Gasteiger partial charge in [-0.25, -0.2) is 21.6 Å². The number of rotatable bonds is 6. The van der Waals surface area contributed by atoms with E-state index in [-0.39, 0.29) is 14.6 Å². The molecule has 2 aromatic rings. The minimum Gasteiger partial charge on any atom is -0.279 e. The van der Waals surface area contributed by atoms with Gasteiger partial charge in [0.05, 0.1) is 4.90 Å². The molecule has 4 saturated carbocycles. The molecular formula is C20H24N2O4S3. The number of sulfonamides is 2. The molecule has 2 N–H and O–H groups in total. The first-order valence-corrected chi connectivity index (χ1v) is 13.8. The summed E-state index contributed by atoms with van der Waals surface area (Å²) in [7, 11) is -7.30. The number of anilines is 1. The van der Waals surface area contributed by atoms with Crippen LogP contribution in [0, 0.1) is 17.8 Å². The Hall–Kier alpha value is -1.42. The molecule has 0 amide bonds. The fraction of sp³-hybridized carbons (Fsp3) is 0.500. The molecule has 29 heavy (non-hydrogen) atoms. The normalized spacial score (nSPS) is 31.1. The third-order valence-corrected chi connectivity index (χ3v) is 10.9. The Kier molecular flexibility index (Phi) is 4.58. The first kappa shape index (κ1) is 19.5. The summed E-state index contributed by atoms with van der Waals surface area (Å²) in [4.78, 5) is 0.173. The lowest BCUT2D eigenvalue weighted by atomic mass is 9.53. The smallest absolute Gasteiger partial charge is 0.271 e. The summed E-state index contributed by atoms with van der Waals surface area (Å²) in [6.07, 6.45) is 6.57. The second kappa shape index (κ2) is 6.80. The molecule has 4 aliphatic carbocycles. The Morgan fingerprint density at radius 1 is 0.828 bits per heavy atom. The van der Waals surface area contributed by atoms with E-state index in [1.54, 1.807) is 11.4 Å². The average Bonchev–Trinajstić information content (AvgIpc) is 3.15. The largest absolute Gasteiger partial charge is 0.279 e. The van der Waals surface area contributed by atoms with E-state index in [4.69, 9.17) is 0 Å². The maximum Gasteiger partial charge on any atom is 0.271 e. The van der Waals surface area contributed by atoms with E-state index >= 15 is 0 Å². The molecule has 0 spiro atoms. The van der Waals surface area contributed by atoms with Gasteiger partial charge in [0.15, 0.2) is 0 Å². The van der Waals surface area contributed by atoms with E-state index in [2.05, 4.69) is 9.44 Å². The third-order valence-electron chi connectivity index (χ3n) is 6.57. The molecule has 4 bridgehead atoms. The first-order chi connectivity index (χ1) is 13.7. The van der Waals surface area contributed by atoms with Gasteiger partial charge in [-0.2, -0.15) is 0 Å². The first-order valence-electron chi connectivity index (χ1n) is 9.93. The van der Waals surface area contributed by atoms with E-state index in [9.17, 15) is 16.8 Å². The summed E-state index contributed by atoms with van der Waals surface area (Å²) in [6, 6.07) is 9.13. The second-order valence-corrected chi connectivity index (χ2v) is 13.4. The zero-order valence-corrected chi connectivity index (χ0v) is 18.3. The van der Waals surface area contributed by atoms with E-state index in [0.717, 1.165) is 30.6 Å². The Bertz CT molecular complexity index is 1070. The van der Waals surface area contributed by atoms with Gasteiger partial charge in [-0.05, 0) is 92.0 Å². The quantitative estimate of drug-likeness (QED) is 0.697. The molecule has 1 aromatic heterocycles. The van der Waals surface area contributed by atoms with Crippen LogP contribution in [-0.4, -0.2) is 22.4 Å². The molecule has 4 fully saturated rings. The van der Waals surface area contributed by atoms with Crippen LogP contribution in [0.25, 0.3) is 0 Å². The lowest BCUT2D eigenvalue weighted by molar-refractivity contribution is -0.00810. The number of nitrogens with one attached hydrogen (secondary N) is 2. The highest BCUT2D eigenvalue weighted by Crippen LogP contribution is 2.55. The topological polar surface area (TPSA) is 92.3 Å². The molecule has 0 aliphatic heterocycles. The predicted molar refractivity (Wildman–Crippen MR) is 113 cm³/mol. The van der Waals surface area contributed by atoms with Gasteiger partial charge in [-0.1, -0.05) is 6.07 Å². The molecule has 0 unspecified atom stereocenters. The van der Waals surface area contributed by atoms with Crippen LogP contribution >= 0.6 is 11.3 Å². The van der Waals surface area contributed by atoms with Gasteiger partial charge in [0.2, 0.25) is 10.0 Å². The van der Waals surface area contributed by atoms with Crippen LogP contribution < -0.4 is 9.44 Å². The summed E-state index contributed by atoms with van der Waals surface area (Å²) >= 11 is 1.13. The summed E-state index contributed by atoms with van der Waals surface area (Å²) < 4.78 is 56.5. The Morgan fingerprint density at radius 2 is 1.41 bits per heavy atom. The lowest BCUT2D eigenvalue weighted by Gasteiger charge is -2.56. The van der Waals surface area contributed by atoms with Gasteiger partial charge in [-0.3, -0.25) is 4.72 Å². The molecule has 6 rings (SSSR count). The second-order valence-electron chi connectivity index (χ2n) is 8.87. The minimum atomic E-state index is -3.65. The van der Waals surface area contributed by atoms with Gasteiger partial charge in [-0.15, -0.1) is 11.3 Å². The summed E-state index contributed by atoms with van der Waals surface area (Å²) in [5.74, 6) is 1.95. The number of benzene rings is 1. The third kappa shape index (κ3) is 3.73. The van der Waals surface area contributed by atoms with Crippen LogP contribution in [0.3, 0.4) is 0 Å². The van der Waals surface area contributed by atoms with Crippen LogP contribution in [0.5, 0.6) is 0 Å². The van der Waals surface area contributed by atoms with E-state index < -0.39 is 20.0 Å². The molecule has 1 heterocycles. The van der Waals surface area contributed by atoms with E-state index in [1.807, 2.05) is 0 Å². The van der Waals surface area contributed by atoms with Crippen LogP contribution in [0.15, 0.2) is 50.9 Å². The predicted octanol–water partition coefficient (Wildman–Crippen LogP) is 3.80. The summed E-state index contributed by atoms with van der Waals surface area (Å²) in [5, 5.41) is 1.69. The monoisotopic (exact) mass is 452 g/mol. The van der Waals surface area contributed by atoms with Crippen LogP contribution in [0.1, 0.15) is 38.5 Å². The van der Waals surface area contributed by atoms with Crippen molar-refractivity contribution in [1.29, 1.82) is 0 Å². The number of hydrogen-bond acceptors (Lipinski definition) is 5. The number of thiophene rings is 1. The van der Waals surface area contributed by atoms with Crippen molar-refractivity contribution in [2.24, 2.45) is 17.8 Å². The van der Waals surface area contributed by atoms with Gasteiger partial charge < -0.3 is 0 Å². The molecule has 1 aromatic carbocycles. The van der Waals surface area contributed by atoms with Crippen molar-refractivity contribution >= 4 is 37.1 Å². The van der Waals surface area contributed by atoms with E-state index in [1.165, 1.54) is 49.6 Å². The van der Waals surface area contributed by atoms with Crippen LogP contribution in [0.4, 0.5) is 5.69 Å². The highest BCUT2D eigenvalue weighted by molar-refractivity contribution is 7.94. The molecule has 156 valence electrons. The van der Waals surface area contributed by atoms with Crippen LogP contribution in [-0.2, 0) is 20.0 Å². The van der Waals surface area contributed by atoms with Crippen molar-refractivity contribution in [2.75, 3.05) is 4.72 Å². The molecule has 0 atom stereocenters. The summed E-state index contributed by atoms with van der Waals surface area (Å²) in [6.45, 7) is 0. The molecule has 9 heteroatoms. The van der Waals surface area contributed by atoms with Crippen molar-refractivity contribution in [3.8, 4) is 0 Å². The van der Waals surface area contributed by atoms with Crippen molar-refractivity contribution in [2.45, 2.75) is 53.2 Å². The Morgan fingerprint density at radius 3 is 1.93 bits per heavy atom. The maximum absolute atomic E-state index is 13.1. The SMILES string of the molecule is O=S(=O)(NC12CC3CC(CC(C3)C1)C2)c1ccc(NS(=O)(=O)c2cccs2)cc1. The van der Waals surface area contributed by atoms with Crippen molar-refractivity contribution in [3.63, 3.8) is 0 Å². The average molecular weight is 453 g/mol. The molecule has 0 radical (unpaired) electrons. The van der Waals surface area contributed by atoms with Crippen LogP contribution in [0.2, 0.25) is 0 Å². The summed E-state index contributed by atoms with van der Waals surface area (Å²) in [5.41, 5.74) is 0.0414. The zero-order valence-electron chi connectivity index (χ0n) is 15.9. The Balaban J connectivity index is 1.33. The number of hydrogen-bond donors (Lipinski definition) is 2. The molecule has 6 nitrogen and oxygen atoms in total. The highest BCUT2D eigenvalue weighted by Gasteiger charge is 2.52. The lowest BCUT2D eigenvalue weighted by Crippen LogP contribution is -2.59. The highest BCUT2D eigenvalue weighted by atomic mass is 32.2. The fourth-order valence-corrected chi connectivity index (χ4v) is 9.39.